The van der Waals surface area contributed by atoms with Crippen LogP contribution in [-0.2, 0) is 17.8 Å². The zero-order chi connectivity index (χ0) is 17.6. The predicted molar refractivity (Wildman–Crippen MR) is 93.1 cm³/mol. The number of rotatable bonds is 6. The summed E-state index contributed by atoms with van der Waals surface area (Å²) in [5.41, 5.74) is 1.85. The van der Waals surface area contributed by atoms with Gasteiger partial charge in [0.25, 0.3) is 0 Å². The molecule has 25 heavy (non-hydrogen) atoms. The zero-order valence-electron chi connectivity index (χ0n) is 14.0. The quantitative estimate of drug-likeness (QED) is 0.680. The van der Waals surface area contributed by atoms with Gasteiger partial charge in [-0.1, -0.05) is 30.3 Å². The van der Waals surface area contributed by atoms with Crippen molar-refractivity contribution in [3.05, 3.63) is 78.1 Å². The molecule has 1 aromatic heterocycles. The Hall–Kier alpha value is -2.95. The van der Waals surface area contributed by atoms with Crippen LogP contribution in [0, 0.1) is 5.82 Å². The maximum Gasteiger partial charge on any atom is 0.223 e. The fourth-order valence-corrected chi connectivity index (χ4v) is 2.52. The fourth-order valence-electron chi connectivity index (χ4n) is 2.52. The number of benzene rings is 2. The number of hydrogen-bond acceptors (Lipinski definition) is 3. The Morgan fingerprint density at radius 3 is 2.56 bits per heavy atom. The fraction of sp³-hybridized carbons (Fsp3) is 0.200. The van der Waals surface area contributed by atoms with E-state index in [1.165, 1.54) is 12.1 Å². The van der Waals surface area contributed by atoms with Gasteiger partial charge < -0.3 is 9.32 Å². The third-order valence-electron chi connectivity index (χ3n) is 3.92. The molecule has 4 nitrogen and oxygen atoms in total. The zero-order valence-corrected chi connectivity index (χ0v) is 14.0. The molecule has 5 heteroatoms. The molecule has 3 rings (SSSR count). The number of aryl methyl sites for hydroxylation is 1. The van der Waals surface area contributed by atoms with Crippen LogP contribution in [0.25, 0.3) is 11.3 Å². The van der Waals surface area contributed by atoms with Gasteiger partial charge in [-0.05, 0) is 29.8 Å². The van der Waals surface area contributed by atoms with Crippen molar-refractivity contribution in [2.24, 2.45) is 0 Å². The van der Waals surface area contributed by atoms with Gasteiger partial charge in [0.2, 0.25) is 5.91 Å². The minimum atomic E-state index is -0.296. The molecule has 0 bridgehead atoms. The highest BCUT2D eigenvalue weighted by molar-refractivity contribution is 5.76. The molecule has 1 heterocycles. The monoisotopic (exact) mass is 338 g/mol. The molecular formula is C20H19FN2O2. The van der Waals surface area contributed by atoms with Crippen LogP contribution >= 0.6 is 0 Å². The molecule has 2 aromatic carbocycles. The topological polar surface area (TPSA) is 46.3 Å². The lowest BCUT2D eigenvalue weighted by Gasteiger charge is -2.16. The Kier molecular flexibility index (Phi) is 5.23. The van der Waals surface area contributed by atoms with Crippen LogP contribution in [0.5, 0.6) is 0 Å². The van der Waals surface area contributed by atoms with E-state index in [2.05, 4.69) is 4.98 Å². The molecule has 0 aliphatic carbocycles. The van der Waals surface area contributed by atoms with Crippen LogP contribution in [0.1, 0.15) is 17.9 Å². The third kappa shape index (κ3) is 4.53. The standard InChI is InChI=1S/C20H19FN2O2/c1-23(14-15-5-3-2-4-6-15)20(24)12-11-19-22-13-18(25-19)16-7-9-17(21)10-8-16/h2-10,13H,11-12,14H2,1H3. The van der Waals surface area contributed by atoms with E-state index in [1.54, 1.807) is 30.3 Å². The second-order valence-corrected chi connectivity index (χ2v) is 5.86. The number of hydrogen-bond donors (Lipinski definition) is 0. The summed E-state index contributed by atoms with van der Waals surface area (Å²) in [4.78, 5) is 18.1. The molecule has 0 aliphatic heterocycles. The minimum Gasteiger partial charge on any atom is -0.441 e. The van der Waals surface area contributed by atoms with Gasteiger partial charge in [-0.15, -0.1) is 0 Å². The van der Waals surface area contributed by atoms with Crippen molar-refractivity contribution in [3.8, 4) is 11.3 Å². The molecule has 0 spiro atoms. The average Bonchev–Trinajstić information content (AvgIpc) is 3.10. The lowest BCUT2D eigenvalue weighted by Crippen LogP contribution is -2.26. The lowest BCUT2D eigenvalue weighted by molar-refractivity contribution is -0.130. The lowest BCUT2D eigenvalue weighted by atomic mass is 10.2. The Bertz CT molecular complexity index is 828. The SMILES string of the molecule is CN(Cc1ccccc1)C(=O)CCc1ncc(-c2ccc(F)cc2)o1. The first kappa shape index (κ1) is 16.9. The second kappa shape index (κ2) is 7.75. The third-order valence-corrected chi connectivity index (χ3v) is 3.92. The predicted octanol–water partition coefficient (Wildman–Crippen LogP) is 4.07. The maximum absolute atomic E-state index is 13.0. The number of carbonyl (C=O) groups is 1. The Morgan fingerprint density at radius 1 is 1.12 bits per heavy atom. The number of nitrogens with zero attached hydrogens (tertiary/aromatic N) is 2. The first-order chi connectivity index (χ1) is 12.1. The van der Waals surface area contributed by atoms with E-state index >= 15 is 0 Å². The van der Waals surface area contributed by atoms with E-state index in [1.807, 2.05) is 30.3 Å². The van der Waals surface area contributed by atoms with Gasteiger partial charge >= 0.3 is 0 Å². The molecular weight excluding hydrogens is 319 g/mol. The Balaban J connectivity index is 1.54. The van der Waals surface area contributed by atoms with Gasteiger partial charge in [0.1, 0.15) is 5.82 Å². The van der Waals surface area contributed by atoms with E-state index in [9.17, 15) is 9.18 Å². The summed E-state index contributed by atoms with van der Waals surface area (Å²) in [6, 6.07) is 15.9. The van der Waals surface area contributed by atoms with Crippen LogP contribution in [0.15, 0.2) is 65.2 Å². The summed E-state index contributed by atoms with van der Waals surface area (Å²) in [6.45, 7) is 0.575. The summed E-state index contributed by atoms with van der Waals surface area (Å²) in [7, 11) is 1.79. The first-order valence-electron chi connectivity index (χ1n) is 8.10. The van der Waals surface area contributed by atoms with Gasteiger partial charge in [0.15, 0.2) is 11.7 Å². The molecule has 1 amide bonds. The van der Waals surface area contributed by atoms with Crippen molar-refractivity contribution in [3.63, 3.8) is 0 Å². The number of halogens is 1. The van der Waals surface area contributed by atoms with Crippen molar-refractivity contribution in [1.29, 1.82) is 0 Å². The van der Waals surface area contributed by atoms with Gasteiger partial charge in [-0.25, -0.2) is 9.37 Å². The van der Waals surface area contributed by atoms with Crippen molar-refractivity contribution in [2.45, 2.75) is 19.4 Å². The van der Waals surface area contributed by atoms with Gasteiger partial charge in [-0.2, -0.15) is 0 Å². The summed E-state index contributed by atoms with van der Waals surface area (Å²) in [5.74, 6) is 0.807. The molecule has 0 fully saturated rings. The summed E-state index contributed by atoms with van der Waals surface area (Å²) >= 11 is 0. The maximum atomic E-state index is 13.0. The van der Waals surface area contributed by atoms with Crippen LogP contribution < -0.4 is 0 Å². The first-order valence-corrected chi connectivity index (χ1v) is 8.10. The summed E-state index contributed by atoms with van der Waals surface area (Å²) < 4.78 is 18.6. The molecule has 0 aliphatic rings. The number of carbonyl (C=O) groups excluding carboxylic acids is 1. The van der Waals surface area contributed by atoms with Crippen LogP contribution in [-0.4, -0.2) is 22.8 Å². The normalized spacial score (nSPS) is 10.6. The molecule has 0 radical (unpaired) electrons. The number of aromatic nitrogens is 1. The highest BCUT2D eigenvalue weighted by Crippen LogP contribution is 2.21. The van der Waals surface area contributed by atoms with Crippen molar-refractivity contribution >= 4 is 5.91 Å². The summed E-state index contributed by atoms with van der Waals surface area (Å²) in [5, 5.41) is 0. The molecule has 0 saturated carbocycles. The molecule has 0 atom stereocenters. The summed E-state index contributed by atoms with van der Waals surface area (Å²) in [6.07, 6.45) is 2.35. The number of amides is 1. The minimum absolute atomic E-state index is 0.0328. The van der Waals surface area contributed by atoms with E-state index in [-0.39, 0.29) is 11.7 Å². The largest absolute Gasteiger partial charge is 0.441 e. The molecule has 128 valence electrons. The average molecular weight is 338 g/mol. The smallest absolute Gasteiger partial charge is 0.223 e. The van der Waals surface area contributed by atoms with E-state index in [4.69, 9.17) is 4.42 Å². The Labute approximate surface area is 145 Å². The molecule has 0 N–H and O–H groups in total. The van der Waals surface area contributed by atoms with Crippen molar-refractivity contribution < 1.29 is 13.6 Å². The number of oxazole rings is 1. The highest BCUT2D eigenvalue weighted by Gasteiger charge is 2.12. The molecule has 0 unspecified atom stereocenters. The van der Waals surface area contributed by atoms with E-state index in [0.29, 0.717) is 31.0 Å². The van der Waals surface area contributed by atoms with E-state index in [0.717, 1.165) is 11.1 Å². The highest BCUT2D eigenvalue weighted by atomic mass is 19.1. The van der Waals surface area contributed by atoms with Gasteiger partial charge in [0, 0.05) is 32.0 Å². The Morgan fingerprint density at radius 2 is 1.84 bits per heavy atom. The molecule has 0 saturated heterocycles. The molecule has 3 aromatic rings. The van der Waals surface area contributed by atoms with Gasteiger partial charge in [-0.3, -0.25) is 4.79 Å². The van der Waals surface area contributed by atoms with Crippen LogP contribution in [0.4, 0.5) is 4.39 Å². The second-order valence-electron chi connectivity index (χ2n) is 5.86. The van der Waals surface area contributed by atoms with Crippen LogP contribution in [0.2, 0.25) is 0 Å². The van der Waals surface area contributed by atoms with E-state index < -0.39 is 0 Å². The van der Waals surface area contributed by atoms with Crippen molar-refractivity contribution in [1.82, 2.24) is 9.88 Å². The van der Waals surface area contributed by atoms with Crippen LogP contribution in [0.3, 0.4) is 0 Å². The van der Waals surface area contributed by atoms with Gasteiger partial charge in [0.05, 0.1) is 6.20 Å². The van der Waals surface area contributed by atoms with Crippen molar-refractivity contribution in [2.75, 3.05) is 7.05 Å².